The van der Waals surface area contributed by atoms with Crippen LogP contribution in [0.1, 0.15) is 52.2 Å². The van der Waals surface area contributed by atoms with Gasteiger partial charge in [-0.3, -0.25) is 9.59 Å². The van der Waals surface area contributed by atoms with Gasteiger partial charge in [0.15, 0.2) is 0 Å². The third kappa shape index (κ3) is 11.9. The van der Waals surface area contributed by atoms with Crippen LogP contribution in [0.15, 0.2) is 60.7 Å². The molecule has 0 radical (unpaired) electrons. The van der Waals surface area contributed by atoms with Gasteiger partial charge in [0.2, 0.25) is 11.8 Å². The Morgan fingerprint density at radius 1 is 0.816 bits per heavy atom. The van der Waals surface area contributed by atoms with Gasteiger partial charge in [0.25, 0.3) is 0 Å². The van der Waals surface area contributed by atoms with Crippen molar-refractivity contribution in [1.29, 1.82) is 0 Å². The molecule has 3 N–H and O–H groups in total. The van der Waals surface area contributed by atoms with Gasteiger partial charge in [-0.25, -0.2) is 9.59 Å². The fourth-order valence-corrected chi connectivity index (χ4v) is 3.56. The Balaban J connectivity index is 2.03. The molecule has 206 valence electrons. The Hall–Kier alpha value is -3.88. The summed E-state index contributed by atoms with van der Waals surface area (Å²) in [5.74, 6) is -1.52. The Morgan fingerprint density at radius 2 is 1.39 bits per heavy atom. The summed E-state index contributed by atoms with van der Waals surface area (Å²) >= 11 is 0. The average Bonchev–Trinajstić information content (AvgIpc) is 2.85. The summed E-state index contributed by atoms with van der Waals surface area (Å²) in [4.78, 5) is 50.8. The molecule has 0 bridgehead atoms. The molecule has 0 spiro atoms. The molecule has 0 aromatic heterocycles. The van der Waals surface area contributed by atoms with Gasteiger partial charge in [-0.2, -0.15) is 0 Å². The molecule has 9 nitrogen and oxygen atoms in total. The molecule has 0 aliphatic rings. The van der Waals surface area contributed by atoms with Crippen LogP contribution < -0.4 is 16.0 Å². The number of alkyl carbamates (subject to hydrolysis) is 1. The number of carbonyl (C=O) groups is 4. The van der Waals surface area contributed by atoms with Crippen LogP contribution in [-0.4, -0.2) is 48.1 Å². The standard InChI is InChI=1S/C29H39N3O6/c1-20(2)16-24(27(35)38-29(3,4)5)32-26(34)23(17-21-12-8-6-9-13-21)31-25(33)18-30-28(36)37-19-22-14-10-7-11-15-22/h6-15,20,23-24H,16-19H2,1-5H3,(H,30,36)(H,31,33)(H,32,34)/t23-,24-/m0/s1. The molecule has 2 aromatic rings. The first-order chi connectivity index (χ1) is 17.9. The lowest BCUT2D eigenvalue weighted by Gasteiger charge is -2.27. The summed E-state index contributed by atoms with van der Waals surface area (Å²) < 4.78 is 10.6. The van der Waals surface area contributed by atoms with Crippen LogP contribution in [0.5, 0.6) is 0 Å². The third-order valence-electron chi connectivity index (χ3n) is 5.26. The van der Waals surface area contributed by atoms with Crippen molar-refractivity contribution in [1.82, 2.24) is 16.0 Å². The van der Waals surface area contributed by atoms with Crippen LogP contribution in [-0.2, 0) is 36.9 Å². The van der Waals surface area contributed by atoms with Crippen molar-refractivity contribution in [2.24, 2.45) is 5.92 Å². The zero-order valence-electron chi connectivity index (χ0n) is 22.8. The van der Waals surface area contributed by atoms with E-state index >= 15 is 0 Å². The van der Waals surface area contributed by atoms with Crippen LogP contribution >= 0.6 is 0 Å². The first-order valence-electron chi connectivity index (χ1n) is 12.7. The van der Waals surface area contributed by atoms with Gasteiger partial charge in [-0.15, -0.1) is 0 Å². The number of esters is 1. The predicted octanol–water partition coefficient (Wildman–Crippen LogP) is 3.51. The SMILES string of the molecule is CC(C)C[C@H](NC(=O)[C@H](Cc1ccccc1)NC(=O)CNC(=O)OCc1ccccc1)C(=O)OC(C)(C)C. The van der Waals surface area contributed by atoms with E-state index in [4.69, 9.17) is 9.47 Å². The Bertz CT molecular complexity index is 1050. The van der Waals surface area contributed by atoms with E-state index in [1.165, 1.54) is 0 Å². The van der Waals surface area contributed by atoms with Crippen LogP contribution in [0.25, 0.3) is 0 Å². The van der Waals surface area contributed by atoms with Crippen LogP contribution in [0.4, 0.5) is 4.79 Å². The molecule has 0 aliphatic heterocycles. The minimum atomic E-state index is -0.982. The molecule has 0 fully saturated rings. The summed E-state index contributed by atoms with van der Waals surface area (Å²) in [5, 5.41) is 7.82. The Morgan fingerprint density at radius 3 is 1.95 bits per heavy atom. The first-order valence-corrected chi connectivity index (χ1v) is 12.7. The molecule has 9 heteroatoms. The van der Waals surface area contributed by atoms with Crippen molar-refractivity contribution in [3.8, 4) is 0 Å². The molecule has 0 saturated heterocycles. The highest BCUT2D eigenvalue weighted by molar-refractivity contribution is 5.92. The molecule has 2 atom stereocenters. The molecule has 3 amide bonds. The van der Waals surface area contributed by atoms with Crippen molar-refractivity contribution in [3.63, 3.8) is 0 Å². The molecular weight excluding hydrogens is 486 g/mol. The summed E-state index contributed by atoms with van der Waals surface area (Å²) in [7, 11) is 0. The molecule has 0 heterocycles. The highest BCUT2D eigenvalue weighted by Gasteiger charge is 2.30. The van der Waals surface area contributed by atoms with E-state index in [0.717, 1.165) is 11.1 Å². The molecule has 2 aromatic carbocycles. The number of carbonyl (C=O) groups excluding carboxylic acids is 4. The van der Waals surface area contributed by atoms with E-state index in [1.807, 2.05) is 74.5 Å². The average molecular weight is 526 g/mol. The van der Waals surface area contributed by atoms with Gasteiger partial charge < -0.3 is 25.4 Å². The van der Waals surface area contributed by atoms with Crippen LogP contribution in [0, 0.1) is 5.92 Å². The predicted molar refractivity (Wildman–Crippen MR) is 144 cm³/mol. The maximum atomic E-state index is 13.3. The zero-order chi connectivity index (χ0) is 28.1. The maximum Gasteiger partial charge on any atom is 0.407 e. The quantitative estimate of drug-likeness (QED) is 0.365. The summed E-state index contributed by atoms with van der Waals surface area (Å²) in [6.07, 6.45) is -0.184. The van der Waals surface area contributed by atoms with Gasteiger partial charge in [0, 0.05) is 6.42 Å². The fraction of sp³-hybridized carbons (Fsp3) is 0.448. The van der Waals surface area contributed by atoms with E-state index in [-0.39, 0.29) is 25.5 Å². The minimum Gasteiger partial charge on any atom is -0.458 e. The van der Waals surface area contributed by atoms with E-state index < -0.39 is 41.6 Å². The number of ether oxygens (including phenoxy) is 2. The smallest absolute Gasteiger partial charge is 0.407 e. The monoisotopic (exact) mass is 525 g/mol. The van der Waals surface area contributed by atoms with Crippen LogP contribution in [0.2, 0.25) is 0 Å². The Kier molecular flexibility index (Phi) is 11.8. The number of nitrogens with one attached hydrogen (secondary N) is 3. The summed E-state index contributed by atoms with van der Waals surface area (Å²) in [6.45, 7) is 8.84. The van der Waals surface area contributed by atoms with E-state index in [2.05, 4.69) is 16.0 Å². The molecule has 0 aliphatic carbocycles. The summed E-state index contributed by atoms with van der Waals surface area (Å²) in [6, 6.07) is 16.5. The van der Waals surface area contributed by atoms with Gasteiger partial charge >= 0.3 is 12.1 Å². The van der Waals surface area contributed by atoms with Crippen molar-refractivity contribution in [2.45, 2.75) is 71.8 Å². The topological polar surface area (TPSA) is 123 Å². The molecule has 0 unspecified atom stereocenters. The van der Waals surface area contributed by atoms with E-state index in [1.54, 1.807) is 20.8 Å². The molecular formula is C29H39N3O6. The number of amides is 3. The van der Waals surface area contributed by atoms with Crippen molar-refractivity contribution in [2.75, 3.05) is 6.54 Å². The minimum absolute atomic E-state index is 0.0647. The van der Waals surface area contributed by atoms with Crippen molar-refractivity contribution >= 4 is 23.9 Å². The Labute approximate surface area is 224 Å². The summed E-state index contributed by atoms with van der Waals surface area (Å²) in [5.41, 5.74) is 0.920. The van der Waals surface area contributed by atoms with Crippen molar-refractivity contribution < 1.29 is 28.7 Å². The fourth-order valence-electron chi connectivity index (χ4n) is 3.56. The van der Waals surface area contributed by atoms with Crippen molar-refractivity contribution in [3.05, 3.63) is 71.8 Å². The third-order valence-corrected chi connectivity index (χ3v) is 5.26. The zero-order valence-corrected chi connectivity index (χ0v) is 22.8. The van der Waals surface area contributed by atoms with E-state index in [9.17, 15) is 19.2 Å². The molecule has 0 saturated carbocycles. The van der Waals surface area contributed by atoms with Gasteiger partial charge in [0.1, 0.15) is 30.8 Å². The molecule has 38 heavy (non-hydrogen) atoms. The molecule has 2 rings (SSSR count). The number of benzene rings is 2. The maximum absolute atomic E-state index is 13.3. The second-order valence-electron chi connectivity index (χ2n) is 10.4. The lowest BCUT2D eigenvalue weighted by molar-refractivity contribution is -0.159. The van der Waals surface area contributed by atoms with E-state index in [0.29, 0.717) is 6.42 Å². The number of rotatable bonds is 12. The number of hydrogen-bond acceptors (Lipinski definition) is 6. The largest absolute Gasteiger partial charge is 0.458 e. The highest BCUT2D eigenvalue weighted by atomic mass is 16.6. The lowest BCUT2D eigenvalue weighted by Crippen LogP contribution is -2.54. The second-order valence-corrected chi connectivity index (χ2v) is 10.4. The number of hydrogen-bond donors (Lipinski definition) is 3. The van der Waals surface area contributed by atoms with Gasteiger partial charge in [-0.05, 0) is 44.2 Å². The van der Waals surface area contributed by atoms with Gasteiger partial charge in [0.05, 0.1) is 0 Å². The second kappa shape index (κ2) is 14.8. The highest BCUT2D eigenvalue weighted by Crippen LogP contribution is 2.14. The first kappa shape index (κ1) is 30.3. The normalized spacial score (nSPS) is 12.7. The van der Waals surface area contributed by atoms with Crippen LogP contribution in [0.3, 0.4) is 0 Å². The van der Waals surface area contributed by atoms with Gasteiger partial charge in [-0.1, -0.05) is 74.5 Å². The lowest BCUT2D eigenvalue weighted by atomic mass is 10.0.